The lowest BCUT2D eigenvalue weighted by atomic mass is 10.2. The van der Waals surface area contributed by atoms with Crippen LogP contribution in [-0.4, -0.2) is 17.6 Å². The van der Waals surface area contributed by atoms with Crippen molar-refractivity contribution >= 4 is 23.6 Å². The molecule has 0 spiro atoms. The fraction of sp³-hybridized carbons (Fsp3) is 0.0714. The second-order valence-electron chi connectivity index (χ2n) is 3.88. The van der Waals surface area contributed by atoms with Crippen molar-refractivity contribution in [1.82, 2.24) is 10.9 Å². The van der Waals surface area contributed by atoms with E-state index in [0.29, 0.717) is 5.56 Å². The zero-order valence-corrected chi connectivity index (χ0v) is 11.4. The van der Waals surface area contributed by atoms with Crippen LogP contribution in [0.25, 0.3) is 0 Å². The van der Waals surface area contributed by atoms with Crippen molar-refractivity contribution in [2.45, 2.75) is 5.03 Å². The smallest absolute Gasteiger partial charge is 0.269 e. The predicted molar refractivity (Wildman–Crippen MR) is 75.8 cm³/mol. The largest absolute Gasteiger partial charge is 0.272 e. The molecule has 2 amide bonds. The Hall–Kier alpha value is -2.34. The molecule has 0 saturated heterocycles. The minimum absolute atomic E-state index is 0.218. The van der Waals surface area contributed by atoms with Crippen LogP contribution in [0, 0.1) is 0 Å². The molecule has 0 saturated carbocycles. The molecule has 102 valence electrons. The highest BCUT2D eigenvalue weighted by atomic mass is 32.2. The van der Waals surface area contributed by atoms with E-state index in [-0.39, 0.29) is 17.6 Å². The third-order valence-electron chi connectivity index (χ3n) is 2.39. The van der Waals surface area contributed by atoms with E-state index in [1.807, 2.05) is 24.3 Å². The lowest BCUT2D eigenvalue weighted by Crippen LogP contribution is -2.42. The molecule has 0 fully saturated rings. The summed E-state index contributed by atoms with van der Waals surface area (Å²) in [6.07, 6.45) is 1.79. The van der Waals surface area contributed by atoms with Gasteiger partial charge in [-0.3, -0.25) is 20.4 Å². The Morgan fingerprint density at radius 1 is 1.00 bits per heavy atom. The molecule has 1 aromatic heterocycles. The van der Waals surface area contributed by atoms with Crippen LogP contribution in [0.1, 0.15) is 10.4 Å². The van der Waals surface area contributed by atoms with Crippen molar-refractivity contribution in [1.29, 1.82) is 0 Å². The van der Waals surface area contributed by atoms with E-state index < -0.39 is 0 Å². The molecule has 0 unspecified atom stereocenters. The number of thioether (sulfide) groups is 1. The van der Waals surface area contributed by atoms with Crippen LogP contribution in [0.5, 0.6) is 0 Å². The number of aromatic amines is 1. The first-order chi connectivity index (χ1) is 9.75. The molecule has 0 atom stereocenters. The lowest BCUT2D eigenvalue weighted by Gasteiger charge is -2.06. The van der Waals surface area contributed by atoms with Gasteiger partial charge >= 0.3 is 0 Å². The number of carbonyl (C=O) groups is 2. The molecule has 3 N–H and O–H groups in total. The summed E-state index contributed by atoms with van der Waals surface area (Å²) in [5.74, 6) is -0.387. The highest BCUT2D eigenvalue weighted by Crippen LogP contribution is 2.09. The number of carbonyl (C=O) groups excluding carboxylic acids is 2. The molecule has 1 aromatic carbocycles. The van der Waals surface area contributed by atoms with E-state index >= 15 is 0 Å². The summed E-state index contributed by atoms with van der Waals surface area (Å²) >= 11 is 1.36. The minimum Gasteiger partial charge on any atom is -0.272 e. The molecule has 6 heteroatoms. The molecule has 0 aliphatic heterocycles. The molecule has 2 rings (SSSR count). The van der Waals surface area contributed by atoms with Crippen molar-refractivity contribution in [2.75, 3.05) is 5.75 Å². The quantitative estimate of drug-likeness (QED) is 0.652. The molecule has 2 aromatic rings. The number of hydrogen-bond donors (Lipinski definition) is 2. The zero-order chi connectivity index (χ0) is 14.2. The predicted octanol–water partition coefficient (Wildman–Crippen LogP) is 1.05. The van der Waals surface area contributed by atoms with Gasteiger partial charge in [0.1, 0.15) is 0 Å². The first-order valence-corrected chi connectivity index (χ1v) is 6.98. The Balaban J connectivity index is 1.74. The summed E-state index contributed by atoms with van der Waals surface area (Å²) < 4.78 is 0. The maximum absolute atomic E-state index is 11.7. The maximum atomic E-state index is 11.7. The number of aromatic nitrogens is 1. The first-order valence-electron chi connectivity index (χ1n) is 5.99. The molecular formula is C14H14N3O2S+. The Morgan fingerprint density at radius 2 is 1.75 bits per heavy atom. The summed E-state index contributed by atoms with van der Waals surface area (Å²) in [7, 11) is 0. The van der Waals surface area contributed by atoms with Crippen LogP contribution in [0.15, 0.2) is 59.8 Å². The van der Waals surface area contributed by atoms with Crippen LogP contribution in [-0.2, 0) is 4.79 Å². The third-order valence-corrected chi connectivity index (χ3v) is 3.36. The number of hydrogen-bond acceptors (Lipinski definition) is 3. The number of hydrazine groups is 1. The first kappa shape index (κ1) is 14.1. The van der Waals surface area contributed by atoms with E-state index in [4.69, 9.17) is 0 Å². The summed E-state index contributed by atoms with van der Waals surface area (Å²) in [6, 6.07) is 14.3. The van der Waals surface area contributed by atoms with Gasteiger partial charge in [0.25, 0.3) is 5.91 Å². The van der Waals surface area contributed by atoms with E-state index in [9.17, 15) is 9.59 Å². The van der Waals surface area contributed by atoms with Crippen molar-refractivity contribution in [3.8, 4) is 0 Å². The monoisotopic (exact) mass is 288 g/mol. The van der Waals surface area contributed by atoms with E-state index in [0.717, 1.165) is 5.03 Å². The minimum atomic E-state index is -0.338. The Labute approximate surface area is 120 Å². The van der Waals surface area contributed by atoms with E-state index in [1.54, 1.807) is 30.5 Å². The van der Waals surface area contributed by atoms with E-state index in [1.165, 1.54) is 11.8 Å². The molecule has 0 bridgehead atoms. The number of H-pyrrole nitrogens is 1. The van der Waals surface area contributed by atoms with Gasteiger partial charge in [-0.15, -0.1) is 0 Å². The van der Waals surface area contributed by atoms with Crippen molar-refractivity contribution in [3.05, 3.63) is 60.3 Å². The highest BCUT2D eigenvalue weighted by molar-refractivity contribution is 7.99. The number of pyridine rings is 1. The van der Waals surface area contributed by atoms with Crippen molar-refractivity contribution in [2.24, 2.45) is 0 Å². The van der Waals surface area contributed by atoms with E-state index in [2.05, 4.69) is 15.8 Å². The van der Waals surface area contributed by atoms with Crippen LogP contribution in [0.4, 0.5) is 0 Å². The Morgan fingerprint density at radius 3 is 2.45 bits per heavy atom. The molecule has 0 radical (unpaired) electrons. The van der Waals surface area contributed by atoms with Gasteiger partial charge in [-0.25, -0.2) is 4.98 Å². The van der Waals surface area contributed by atoms with Gasteiger partial charge < -0.3 is 0 Å². The highest BCUT2D eigenvalue weighted by Gasteiger charge is 2.08. The molecule has 1 heterocycles. The fourth-order valence-electron chi connectivity index (χ4n) is 1.43. The summed E-state index contributed by atoms with van der Waals surface area (Å²) in [6.45, 7) is 0. The van der Waals surface area contributed by atoms with Crippen LogP contribution >= 0.6 is 11.8 Å². The lowest BCUT2D eigenvalue weighted by molar-refractivity contribution is -0.426. The van der Waals surface area contributed by atoms with Gasteiger partial charge in [0, 0.05) is 17.7 Å². The fourth-order valence-corrected chi connectivity index (χ4v) is 2.12. The zero-order valence-electron chi connectivity index (χ0n) is 10.6. The number of benzene rings is 1. The van der Waals surface area contributed by atoms with Crippen LogP contribution < -0.4 is 15.8 Å². The second kappa shape index (κ2) is 7.30. The van der Waals surface area contributed by atoms with Crippen molar-refractivity contribution < 1.29 is 14.6 Å². The second-order valence-corrected chi connectivity index (χ2v) is 4.90. The van der Waals surface area contributed by atoms with Gasteiger partial charge in [0.05, 0.1) is 5.75 Å². The van der Waals surface area contributed by atoms with Gasteiger partial charge in [-0.1, -0.05) is 18.2 Å². The summed E-state index contributed by atoms with van der Waals surface area (Å²) in [4.78, 5) is 26.3. The Kier molecular flexibility index (Phi) is 5.14. The number of rotatable bonds is 4. The molecule has 0 aliphatic carbocycles. The van der Waals surface area contributed by atoms with Crippen LogP contribution in [0.2, 0.25) is 0 Å². The molecular weight excluding hydrogens is 274 g/mol. The maximum Gasteiger partial charge on any atom is 0.269 e. The van der Waals surface area contributed by atoms with Crippen LogP contribution in [0.3, 0.4) is 0 Å². The SMILES string of the molecule is O=C(CSc1cccc[nH+]1)NNC(=O)c1ccccc1. The van der Waals surface area contributed by atoms with Gasteiger partial charge in [0.2, 0.25) is 10.9 Å². The number of amides is 2. The topological polar surface area (TPSA) is 72.3 Å². The van der Waals surface area contributed by atoms with Gasteiger partial charge in [-0.2, -0.15) is 0 Å². The van der Waals surface area contributed by atoms with Gasteiger partial charge in [-0.05, 0) is 30.0 Å². The Bertz CT molecular complexity index is 575. The summed E-state index contributed by atoms with van der Waals surface area (Å²) in [5.41, 5.74) is 5.25. The standard InChI is InChI=1S/C14H13N3O2S/c18-12(10-20-13-8-4-5-9-15-13)16-17-14(19)11-6-2-1-3-7-11/h1-9H,10H2,(H,16,18)(H,17,19)/p+1. The normalized spacial score (nSPS) is 9.80. The number of nitrogens with one attached hydrogen (secondary N) is 3. The molecule has 5 nitrogen and oxygen atoms in total. The molecule has 0 aliphatic rings. The molecule has 20 heavy (non-hydrogen) atoms. The average Bonchev–Trinajstić information content (AvgIpc) is 2.52. The van der Waals surface area contributed by atoms with Crippen molar-refractivity contribution in [3.63, 3.8) is 0 Å². The van der Waals surface area contributed by atoms with Gasteiger partial charge in [0.15, 0.2) is 6.20 Å². The third kappa shape index (κ3) is 4.40. The summed E-state index contributed by atoms with van der Waals surface area (Å²) in [5, 5.41) is 0.886. The average molecular weight is 288 g/mol.